The molecule has 7 heteroatoms. The van der Waals surface area contributed by atoms with Gasteiger partial charge in [0.15, 0.2) is 0 Å². The zero-order valence-corrected chi connectivity index (χ0v) is 20.0. The third-order valence-corrected chi connectivity index (χ3v) is 8.03. The lowest BCUT2D eigenvalue weighted by molar-refractivity contribution is -0.127. The number of anilines is 1. The van der Waals surface area contributed by atoms with Crippen LogP contribution in [0.1, 0.15) is 32.4 Å². The van der Waals surface area contributed by atoms with Crippen LogP contribution in [0.3, 0.4) is 0 Å². The van der Waals surface area contributed by atoms with Crippen molar-refractivity contribution in [2.75, 3.05) is 4.90 Å². The first kappa shape index (κ1) is 22.1. The van der Waals surface area contributed by atoms with Gasteiger partial charge in [-0.2, -0.15) is 0 Å². The number of nitrogens with zero attached hydrogens (tertiary/aromatic N) is 1. The minimum absolute atomic E-state index is 0.196. The maximum absolute atomic E-state index is 14.0. The molecule has 0 radical (unpaired) electrons. The Bertz CT molecular complexity index is 1660. The van der Waals surface area contributed by atoms with Crippen molar-refractivity contribution in [2.45, 2.75) is 11.7 Å². The van der Waals surface area contributed by atoms with Crippen LogP contribution in [0.15, 0.2) is 91.0 Å². The molecule has 0 bridgehead atoms. The van der Waals surface area contributed by atoms with E-state index < -0.39 is 46.9 Å². The van der Waals surface area contributed by atoms with Crippen LogP contribution >= 0.6 is 11.6 Å². The van der Waals surface area contributed by atoms with Gasteiger partial charge in [0.05, 0.1) is 28.6 Å². The Morgan fingerprint density at radius 2 is 1.32 bits per heavy atom. The van der Waals surface area contributed by atoms with E-state index in [0.717, 1.165) is 15.7 Å². The number of rotatable bonds is 2. The molecule has 37 heavy (non-hydrogen) atoms. The third kappa shape index (κ3) is 2.79. The molecule has 0 aromatic heterocycles. The van der Waals surface area contributed by atoms with Crippen molar-refractivity contribution in [2.24, 2.45) is 11.8 Å². The molecule has 1 spiro atoms. The molecule has 0 saturated carbocycles. The summed E-state index contributed by atoms with van der Waals surface area (Å²) in [5, 5.41) is 2.12. The summed E-state index contributed by atoms with van der Waals surface area (Å²) in [5.41, 5.74) is -0.891. The van der Waals surface area contributed by atoms with Gasteiger partial charge < -0.3 is 4.74 Å². The number of hydrogen-bond acceptors (Lipinski definition) is 5. The number of ether oxygens (including phenoxy) is 1. The van der Waals surface area contributed by atoms with Crippen molar-refractivity contribution in [3.05, 3.63) is 113 Å². The quantitative estimate of drug-likeness (QED) is 0.275. The maximum atomic E-state index is 14.0. The normalized spacial score (nSPS) is 23.8. The Morgan fingerprint density at radius 1 is 0.703 bits per heavy atom. The summed E-state index contributed by atoms with van der Waals surface area (Å²) in [7, 11) is 0. The average Bonchev–Trinajstić information content (AvgIpc) is 3.49. The number of para-hydroxylation sites is 1. The average molecular weight is 508 g/mol. The molecule has 3 atom stereocenters. The first-order chi connectivity index (χ1) is 17.9. The highest BCUT2D eigenvalue weighted by Crippen LogP contribution is 2.58. The van der Waals surface area contributed by atoms with Crippen molar-refractivity contribution >= 4 is 51.4 Å². The monoisotopic (exact) mass is 507 g/mol. The third-order valence-electron chi connectivity index (χ3n) is 7.71. The van der Waals surface area contributed by atoms with E-state index in [-0.39, 0.29) is 21.8 Å². The molecule has 0 N–H and O–H groups in total. The second-order valence-corrected chi connectivity index (χ2v) is 9.96. The topological polar surface area (TPSA) is 80.8 Å². The minimum atomic E-state index is -2.12. The van der Waals surface area contributed by atoms with Gasteiger partial charge in [-0.3, -0.25) is 19.2 Å². The molecule has 6 nitrogen and oxygen atoms in total. The highest BCUT2D eigenvalue weighted by molar-refractivity contribution is 6.39. The zero-order valence-electron chi connectivity index (χ0n) is 19.3. The molecule has 0 unspecified atom stereocenters. The molecule has 2 fully saturated rings. The van der Waals surface area contributed by atoms with Crippen LogP contribution in [0, 0.1) is 11.8 Å². The number of Topliss-reactive ketones (excluding diaryl/α,β-unsaturated/α-hetero) is 2. The first-order valence-corrected chi connectivity index (χ1v) is 12.3. The molecule has 2 aliphatic heterocycles. The summed E-state index contributed by atoms with van der Waals surface area (Å²) in [6, 6.07) is 26.3. The van der Waals surface area contributed by atoms with E-state index in [1.165, 1.54) is 0 Å². The second kappa shape index (κ2) is 7.68. The Morgan fingerprint density at radius 3 is 2.03 bits per heavy atom. The lowest BCUT2D eigenvalue weighted by atomic mass is 9.77. The lowest BCUT2D eigenvalue weighted by Crippen LogP contribution is -2.51. The smallest absolute Gasteiger partial charge is 0.241 e. The molecule has 180 valence electrons. The molecule has 2 saturated heterocycles. The molecule has 2 heterocycles. The standard InChI is InChI=1S/C30H18ClNO5/c31-21-11-5-6-12-22(21)32-28(35)23-24(29(32)36)30(26(33)19-9-3-4-10-20(19)27(30)34)37-25(23)18-14-13-16-7-1-2-8-17(16)15-18/h1-15,23-25H/t23-,24-,25-/m1/s1. The van der Waals surface area contributed by atoms with Gasteiger partial charge in [-0.1, -0.05) is 84.4 Å². The number of halogens is 1. The molecular weight excluding hydrogens is 490 g/mol. The van der Waals surface area contributed by atoms with E-state index in [4.69, 9.17) is 16.3 Å². The van der Waals surface area contributed by atoms with Crippen molar-refractivity contribution in [3.8, 4) is 0 Å². The zero-order chi connectivity index (χ0) is 25.5. The molecule has 7 rings (SSSR count). The summed E-state index contributed by atoms with van der Waals surface area (Å²) >= 11 is 6.38. The number of imide groups is 1. The SMILES string of the molecule is O=C1[C@H]2[C@@H](c3ccc4ccccc4c3)OC3(C(=O)c4ccccc4C3=O)[C@H]2C(=O)N1c1ccccc1Cl. The van der Waals surface area contributed by atoms with Crippen LogP contribution in [-0.4, -0.2) is 29.0 Å². The fourth-order valence-electron chi connectivity index (χ4n) is 6.07. The van der Waals surface area contributed by atoms with Crippen LogP contribution < -0.4 is 4.90 Å². The van der Waals surface area contributed by atoms with Gasteiger partial charge in [-0.15, -0.1) is 0 Å². The number of carbonyl (C=O) groups excluding carboxylic acids is 4. The van der Waals surface area contributed by atoms with E-state index in [9.17, 15) is 19.2 Å². The van der Waals surface area contributed by atoms with Crippen molar-refractivity contribution < 1.29 is 23.9 Å². The fourth-order valence-corrected chi connectivity index (χ4v) is 6.29. The highest BCUT2D eigenvalue weighted by atomic mass is 35.5. The van der Waals surface area contributed by atoms with Crippen molar-refractivity contribution in [1.29, 1.82) is 0 Å². The van der Waals surface area contributed by atoms with E-state index in [1.807, 2.05) is 42.5 Å². The van der Waals surface area contributed by atoms with Gasteiger partial charge in [0.2, 0.25) is 29.0 Å². The van der Waals surface area contributed by atoms with E-state index in [2.05, 4.69) is 0 Å². The van der Waals surface area contributed by atoms with Crippen LogP contribution in [0.5, 0.6) is 0 Å². The largest absolute Gasteiger partial charge is 0.349 e. The summed E-state index contributed by atoms with van der Waals surface area (Å²) < 4.78 is 6.37. The number of carbonyl (C=O) groups is 4. The predicted molar refractivity (Wildman–Crippen MR) is 137 cm³/mol. The van der Waals surface area contributed by atoms with Crippen LogP contribution in [0.2, 0.25) is 5.02 Å². The lowest BCUT2D eigenvalue weighted by Gasteiger charge is -2.27. The highest BCUT2D eigenvalue weighted by Gasteiger charge is 2.74. The Hall–Kier alpha value is -4.13. The number of amides is 2. The Labute approximate surface area is 216 Å². The predicted octanol–water partition coefficient (Wildman–Crippen LogP) is 5.19. The Balaban J connectivity index is 1.44. The number of hydrogen-bond donors (Lipinski definition) is 0. The van der Waals surface area contributed by atoms with Gasteiger partial charge in [-0.05, 0) is 34.5 Å². The van der Waals surface area contributed by atoms with E-state index >= 15 is 0 Å². The minimum Gasteiger partial charge on any atom is -0.349 e. The summed E-state index contributed by atoms with van der Waals surface area (Å²) in [6.45, 7) is 0. The molecule has 2 amide bonds. The fraction of sp³-hybridized carbons (Fsp3) is 0.133. The van der Waals surface area contributed by atoms with Crippen LogP contribution in [0.4, 0.5) is 5.69 Å². The van der Waals surface area contributed by atoms with Gasteiger partial charge in [-0.25, -0.2) is 4.90 Å². The Kier molecular flexibility index (Phi) is 4.59. The molecule has 3 aliphatic rings. The van der Waals surface area contributed by atoms with Crippen LogP contribution in [-0.2, 0) is 14.3 Å². The van der Waals surface area contributed by atoms with Crippen LogP contribution in [0.25, 0.3) is 10.8 Å². The second-order valence-electron chi connectivity index (χ2n) is 9.55. The maximum Gasteiger partial charge on any atom is 0.241 e. The van der Waals surface area contributed by atoms with Gasteiger partial charge >= 0.3 is 0 Å². The number of ketones is 2. The molecule has 1 aliphatic carbocycles. The summed E-state index contributed by atoms with van der Waals surface area (Å²) in [4.78, 5) is 56.7. The summed E-state index contributed by atoms with van der Waals surface area (Å²) in [6.07, 6.45) is -0.985. The van der Waals surface area contributed by atoms with E-state index in [1.54, 1.807) is 48.5 Å². The van der Waals surface area contributed by atoms with Crippen molar-refractivity contribution in [3.63, 3.8) is 0 Å². The first-order valence-electron chi connectivity index (χ1n) is 11.9. The van der Waals surface area contributed by atoms with Crippen molar-refractivity contribution in [1.82, 2.24) is 0 Å². The summed E-state index contributed by atoms with van der Waals surface area (Å²) in [5.74, 6) is -4.79. The molecule has 4 aromatic rings. The molecular formula is C30H18ClNO5. The van der Waals surface area contributed by atoms with Gasteiger partial charge in [0.25, 0.3) is 0 Å². The number of benzene rings is 4. The van der Waals surface area contributed by atoms with Gasteiger partial charge in [0.1, 0.15) is 0 Å². The van der Waals surface area contributed by atoms with Gasteiger partial charge in [0, 0.05) is 11.1 Å². The molecule has 4 aromatic carbocycles. The van der Waals surface area contributed by atoms with E-state index in [0.29, 0.717) is 5.56 Å². The number of fused-ring (bicyclic) bond motifs is 4.